The second-order valence-electron chi connectivity index (χ2n) is 4.07. The van der Waals surface area contributed by atoms with Crippen LogP contribution in [0.4, 0.5) is 13.2 Å². The summed E-state index contributed by atoms with van der Waals surface area (Å²) in [7, 11) is 3.24. The Labute approximate surface area is 99.5 Å². The molecule has 0 aliphatic carbocycles. The summed E-state index contributed by atoms with van der Waals surface area (Å²) >= 11 is 0. The maximum absolute atomic E-state index is 12.2. The lowest BCUT2D eigenvalue weighted by Gasteiger charge is -2.23. The summed E-state index contributed by atoms with van der Waals surface area (Å²) in [5.74, 6) is -0.0790. The molecular weight excluding hydrogens is 235 g/mol. The quantitative estimate of drug-likeness (QED) is 0.727. The Hall–Kier alpha value is -0.820. The minimum absolute atomic E-state index is 0.0790. The second kappa shape index (κ2) is 7.50. The molecular formula is C10H20F3N3O. The summed E-state index contributed by atoms with van der Waals surface area (Å²) in [5, 5.41) is 0. The van der Waals surface area contributed by atoms with Gasteiger partial charge in [0, 0.05) is 33.6 Å². The summed E-state index contributed by atoms with van der Waals surface area (Å²) in [5.41, 5.74) is 5.24. The summed E-state index contributed by atoms with van der Waals surface area (Å²) in [6, 6.07) is 0. The maximum atomic E-state index is 12.2. The van der Waals surface area contributed by atoms with Crippen molar-refractivity contribution in [2.24, 2.45) is 5.73 Å². The molecule has 0 aromatic heterocycles. The van der Waals surface area contributed by atoms with E-state index in [9.17, 15) is 18.0 Å². The van der Waals surface area contributed by atoms with Crippen LogP contribution >= 0.6 is 0 Å². The molecule has 0 atom stereocenters. The largest absolute Gasteiger partial charge is 0.401 e. The molecule has 7 heteroatoms. The zero-order valence-corrected chi connectivity index (χ0v) is 10.3. The zero-order valence-electron chi connectivity index (χ0n) is 10.3. The number of carbonyl (C=O) groups excluding carboxylic acids is 1. The fourth-order valence-electron chi connectivity index (χ4n) is 1.38. The minimum atomic E-state index is -4.22. The molecule has 0 rings (SSSR count). The molecule has 0 radical (unpaired) electrons. The first-order valence-corrected chi connectivity index (χ1v) is 5.45. The Balaban J connectivity index is 3.97. The lowest BCUT2D eigenvalue weighted by molar-refractivity contribution is -0.145. The average molecular weight is 255 g/mol. The van der Waals surface area contributed by atoms with Crippen molar-refractivity contribution in [2.75, 3.05) is 40.3 Å². The van der Waals surface area contributed by atoms with Crippen molar-refractivity contribution >= 4 is 5.91 Å². The molecule has 0 aliphatic rings. The van der Waals surface area contributed by atoms with Gasteiger partial charge in [-0.25, -0.2) is 0 Å². The van der Waals surface area contributed by atoms with Gasteiger partial charge in [0.05, 0.1) is 6.54 Å². The zero-order chi connectivity index (χ0) is 13.5. The van der Waals surface area contributed by atoms with Crippen molar-refractivity contribution in [3.8, 4) is 0 Å². The van der Waals surface area contributed by atoms with Crippen molar-refractivity contribution in [3.05, 3.63) is 0 Å². The predicted octanol–water partition coefficient (Wildman–Crippen LogP) is 0.678. The summed E-state index contributed by atoms with van der Waals surface area (Å²) in [6.45, 7) is -0.371. The third-order valence-electron chi connectivity index (χ3n) is 2.21. The molecule has 0 unspecified atom stereocenters. The molecule has 1 amide bonds. The van der Waals surface area contributed by atoms with E-state index in [2.05, 4.69) is 0 Å². The van der Waals surface area contributed by atoms with Gasteiger partial charge in [0.25, 0.3) is 0 Å². The molecule has 4 nitrogen and oxygen atoms in total. The van der Waals surface area contributed by atoms with Crippen LogP contribution in [0.15, 0.2) is 0 Å². The van der Waals surface area contributed by atoms with E-state index in [4.69, 9.17) is 5.73 Å². The van der Waals surface area contributed by atoms with E-state index in [1.807, 2.05) is 0 Å². The smallest absolute Gasteiger partial charge is 0.349 e. The Morgan fingerprint density at radius 1 is 1.24 bits per heavy atom. The van der Waals surface area contributed by atoms with Crippen molar-refractivity contribution in [2.45, 2.75) is 19.0 Å². The van der Waals surface area contributed by atoms with Gasteiger partial charge >= 0.3 is 6.18 Å². The monoisotopic (exact) mass is 255 g/mol. The van der Waals surface area contributed by atoms with Crippen LogP contribution in [0, 0.1) is 0 Å². The molecule has 0 spiro atoms. The number of nitrogens with zero attached hydrogens (tertiary/aromatic N) is 2. The molecule has 0 aromatic carbocycles. The van der Waals surface area contributed by atoms with Gasteiger partial charge in [-0.2, -0.15) is 13.2 Å². The summed E-state index contributed by atoms with van der Waals surface area (Å²) < 4.78 is 36.6. The van der Waals surface area contributed by atoms with Crippen molar-refractivity contribution in [1.29, 1.82) is 0 Å². The molecule has 0 saturated heterocycles. The molecule has 0 aromatic rings. The van der Waals surface area contributed by atoms with E-state index < -0.39 is 12.7 Å². The number of hydrogen-bond donors (Lipinski definition) is 1. The van der Waals surface area contributed by atoms with Crippen molar-refractivity contribution < 1.29 is 18.0 Å². The summed E-state index contributed by atoms with van der Waals surface area (Å²) in [4.78, 5) is 13.9. The summed E-state index contributed by atoms with van der Waals surface area (Å²) in [6.07, 6.45) is -3.56. The number of hydrogen-bond acceptors (Lipinski definition) is 3. The van der Waals surface area contributed by atoms with Gasteiger partial charge in [-0.3, -0.25) is 9.69 Å². The second-order valence-corrected chi connectivity index (χ2v) is 4.07. The Kier molecular flexibility index (Phi) is 7.13. The molecule has 0 saturated carbocycles. The lowest BCUT2D eigenvalue weighted by atomic mass is 10.2. The molecule has 0 aliphatic heterocycles. The first-order chi connectivity index (χ1) is 7.76. The van der Waals surface area contributed by atoms with E-state index in [1.54, 1.807) is 14.1 Å². The fraction of sp³-hybridized carbons (Fsp3) is 0.900. The van der Waals surface area contributed by atoms with Gasteiger partial charge in [-0.1, -0.05) is 0 Å². The maximum Gasteiger partial charge on any atom is 0.401 e. The molecule has 0 bridgehead atoms. The minimum Gasteiger partial charge on any atom is -0.349 e. The molecule has 102 valence electrons. The van der Waals surface area contributed by atoms with E-state index in [0.29, 0.717) is 6.42 Å². The van der Waals surface area contributed by atoms with Crippen LogP contribution < -0.4 is 5.73 Å². The number of nitrogens with two attached hydrogens (primary N) is 1. The Morgan fingerprint density at radius 2 is 1.82 bits per heavy atom. The van der Waals surface area contributed by atoms with Crippen LogP contribution in [0.5, 0.6) is 0 Å². The van der Waals surface area contributed by atoms with Crippen LogP contribution in [0.1, 0.15) is 12.8 Å². The number of halogens is 3. The van der Waals surface area contributed by atoms with Crippen LogP contribution in [0.25, 0.3) is 0 Å². The number of rotatable bonds is 7. The van der Waals surface area contributed by atoms with Gasteiger partial charge in [0.2, 0.25) is 5.91 Å². The standard InChI is InChI=1S/C10H20F3N3O/c1-15(2)9(17)4-3-6-16(7-5-14)8-10(11,12)13/h3-8,14H2,1-2H3. The highest BCUT2D eigenvalue weighted by molar-refractivity contribution is 5.75. The highest BCUT2D eigenvalue weighted by Crippen LogP contribution is 2.16. The van der Waals surface area contributed by atoms with E-state index in [0.717, 1.165) is 0 Å². The number of alkyl halides is 3. The van der Waals surface area contributed by atoms with Gasteiger partial charge in [0.1, 0.15) is 0 Å². The van der Waals surface area contributed by atoms with Crippen molar-refractivity contribution in [1.82, 2.24) is 9.80 Å². The highest BCUT2D eigenvalue weighted by atomic mass is 19.4. The number of carbonyl (C=O) groups is 1. The predicted molar refractivity (Wildman–Crippen MR) is 59.5 cm³/mol. The van der Waals surface area contributed by atoms with Crippen LogP contribution in [-0.2, 0) is 4.79 Å². The van der Waals surface area contributed by atoms with Gasteiger partial charge in [-0.05, 0) is 13.0 Å². The molecule has 0 fully saturated rings. The molecule has 17 heavy (non-hydrogen) atoms. The number of amides is 1. The normalized spacial score (nSPS) is 11.9. The van der Waals surface area contributed by atoms with E-state index in [-0.39, 0.29) is 32.0 Å². The Morgan fingerprint density at radius 3 is 2.24 bits per heavy atom. The average Bonchev–Trinajstić information content (AvgIpc) is 2.15. The Bertz CT molecular complexity index is 231. The first kappa shape index (κ1) is 16.2. The van der Waals surface area contributed by atoms with Crippen LogP contribution in [-0.4, -0.2) is 62.2 Å². The third kappa shape index (κ3) is 8.93. The molecule has 2 N–H and O–H groups in total. The third-order valence-corrected chi connectivity index (χ3v) is 2.21. The first-order valence-electron chi connectivity index (χ1n) is 5.45. The van der Waals surface area contributed by atoms with Gasteiger partial charge in [0.15, 0.2) is 0 Å². The van der Waals surface area contributed by atoms with E-state index >= 15 is 0 Å². The van der Waals surface area contributed by atoms with Gasteiger partial charge < -0.3 is 10.6 Å². The van der Waals surface area contributed by atoms with Crippen LogP contribution in [0.3, 0.4) is 0 Å². The van der Waals surface area contributed by atoms with E-state index in [1.165, 1.54) is 9.80 Å². The SMILES string of the molecule is CN(C)C(=O)CCCN(CCN)CC(F)(F)F. The molecule has 0 heterocycles. The van der Waals surface area contributed by atoms with Gasteiger partial charge in [-0.15, -0.1) is 0 Å². The lowest BCUT2D eigenvalue weighted by Crippen LogP contribution is -2.38. The topological polar surface area (TPSA) is 49.6 Å². The van der Waals surface area contributed by atoms with Crippen LogP contribution in [0.2, 0.25) is 0 Å². The highest BCUT2D eigenvalue weighted by Gasteiger charge is 2.30. The fourth-order valence-corrected chi connectivity index (χ4v) is 1.38. The van der Waals surface area contributed by atoms with Crippen molar-refractivity contribution in [3.63, 3.8) is 0 Å².